The number of amides is 4. The molecule has 1 unspecified atom stereocenters. The van der Waals surface area contributed by atoms with E-state index in [9.17, 15) is 22.8 Å². The van der Waals surface area contributed by atoms with Crippen LogP contribution in [0.5, 0.6) is 0 Å². The minimum absolute atomic E-state index is 0.0255. The highest BCUT2D eigenvalue weighted by atomic mass is 32.2. The van der Waals surface area contributed by atoms with E-state index in [1.165, 1.54) is 28.6 Å². The highest BCUT2D eigenvalue weighted by Crippen LogP contribution is 2.19. The third kappa shape index (κ3) is 5.05. The monoisotopic (exact) mass is 490 g/mol. The Morgan fingerprint density at radius 3 is 2.32 bits per heavy atom. The van der Waals surface area contributed by atoms with E-state index in [2.05, 4.69) is 5.32 Å². The molecule has 1 aromatic rings. The summed E-state index contributed by atoms with van der Waals surface area (Å²) in [4.78, 5) is 42.2. The predicted molar refractivity (Wildman–Crippen MR) is 118 cm³/mol. The van der Waals surface area contributed by atoms with Crippen molar-refractivity contribution in [2.24, 2.45) is 0 Å². The van der Waals surface area contributed by atoms with Crippen LogP contribution in [-0.4, -0.2) is 110 Å². The van der Waals surface area contributed by atoms with Crippen molar-refractivity contribution in [1.82, 2.24) is 24.3 Å². The second kappa shape index (κ2) is 10.1. The van der Waals surface area contributed by atoms with E-state index >= 15 is 0 Å². The van der Waals surface area contributed by atoms with Crippen LogP contribution in [-0.2, 0) is 24.3 Å². The Morgan fingerprint density at radius 1 is 1.06 bits per heavy atom. The molecular weight excluding hydrogens is 464 g/mol. The van der Waals surface area contributed by atoms with Gasteiger partial charge in [-0.3, -0.25) is 14.5 Å². The van der Waals surface area contributed by atoms with Crippen LogP contribution >= 0.6 is 0 Å². The summed E-state index contributed by atoms with van der Waals surface area (Å²) in [6.45, 7) is 2.94. The van der Waals surface area contributed by atoms with E-state index in [0.29, 0.717) is 45.0 Å². The maximum Gasteiger partial charge on any atom is 0.325 e. The number of ether oxygens (including phenoxy) is 1. The van der Waals surface area contributed by atoms with Crippen LogP contribution < -0.4 is 5.32 Å². The minimum atomic E-state index is -3.71. The standard InChI is InChI=1S/C21H26N6O6S/c22-14-16-1-3-17(4-2-16)34(31,32)26-7-5-24(6-8-26)15-27-20(29)18(23-21(27)30)13-19(28)25-9-11-33-12-10-25/h1-4,18H,5-13,15H2,(H,23,30). The highest BCUT2D eigenvalue weighted by molar-refractivity contribution is 7.89. The number of benzene rings is 1. The number of hydrogen-bond acceptors (Lipinski definition) is 8. The van der Waals surface area contributed by atoms with Crippen LogP contribution in [0.25, 0.3) is 0 Å². The van der Waals surface area contributed by atoms with Gasteiger partial charge in [0.15, 0.2) is 0 Å². The first-order valence-corrected chi connectivity index (χ1v) is 12.4. The quantitative estimate of drug-likeness (QED) is 0.500. The molecule has 0 spiro atoms. The van der Waals surface area contributed by atoms with E-state index < -0.39 is 28.0 Å². The second-order valence-electron chi connectivity index (χ2n) is 8.27. The maximum absolute atomic E-state index is 12.9. The van der Waals surface area contributed by atoms with Crippen molar-refractivity contribution < 1.29 is 27.5 Å². The molecule has 182 valence electrons. The number of rotatable bonds is 6. The van der Waals surface area contributed by atoms with Gasteiger partial charge in [-0.05, 0) is 24.3 Å². The van der Waals surface area contributed by atoms with Crippen molar-refractivity contribution in [2.75, 3.05) is 59.2 Å². The fourth-order valence-corrected chi connectivity index (χ4v) is 5.55. The number of nitrogens with zero attached hydrogens (tertiary/aromatic N) is 5. The fourth-order valence-electron chi connectivity index (χ4n) is 4.13. The number of sulfonamides is 1. The third-order valence-corrected chi connectivity index (χ3v) is 8.06. The van der Waals surface area contributed by atoms with Crippen molar-refractivity contribution in [2.45, 2.75) is 17.4 Å². The SMILES string of the molecule is N#Cc1ccc(S(=O)(=O)N2CCN(CN3C(=O)NC(CC(=O)N4CCOCC4)C3=O)CC2)cc1. The summed E-state index contributed by atoms with van der Waals surface area (Å²) in [6.07, 6.45) is -0.0995. The molecule has 0 saturated carbocycles. The van der Waals surface area contributed by atoms with Crippen LogP contribution in [0.2, 0.25) is 0 Å². The van der Waals surface area contributed by atoms with Crippen LogP contribution in [0.15, 0.2) is 29.2 Å². The Balaban J connectivity index is 1.30. The highest BCUT2D eigenvalue weighted by Gasteiger charge is 2.41. The summed E-state index contributed by atoms with van der Waals surface area (Å²) in [5.74, 6) is -0.662. The van der Waals surface area contributed by atoms with Crippen molar-refractivity contribution in [1.29, 1.82) is 5.26 Å². The molecule has 3 saturated heterocycles. The summed E-state index contributed by atoms with van der Waals surface area (Å²) < 4.78 is 32.3. The molecule has 3 aliphatic rings. The summed E-state index contributed by atoms with van der Waals surface area (Å²) in [5.41, 5.74) is 0.377. The molecule has 3 fully saturated rings. The van der Waals surface area contributed by atoms with Gasteiger partial charge in [0.25, 0.3) is 5.91 Å². The zero-order valence-electron chi connectivity index (χ0n) is 18.6. The number of imide groups is 1. The molecule has 4 rings (SSSR count). The number of piperazine rings is 1. The Morgan fingerprint density at radius 2 is 1.71 bits per heavy atom. The molecule has 1 atom stereocenters. The van der Waals surface area contributed by atoms with E-state index in [1.807, 2.05) is 11.0 Å². The molecular formula is C21H26N6O6S. The average molecular weight is 491 g/mol. The van der Waals surface area contributed by atoms with Gasteiger partial charge in [-0.2, -0.15) is 9.57 Å². The van der Waals surface area contributed by atoms with Crippen LogP contribution in [0, 0.1) is 11.3 Å². The Labute approximate surface area is 197 Å². The van der Waals surface area contributed by atoms with Crippen LogP contribution in [0.4, 0.5) is 4.79 Å². The second-order valence-corrected chi connectivity index (χ2v) is 10.2. The lowest BCUT2D eigenvalue weighted by atomic mass is 10.2. The van der Waals surface area contributed by atoms with E-state index in [0.717, 1.165) is 4.90 Å². The molecule has 1 N–H and O–H groups in total. The zero-order valence-corrected chi connectivity index (χ0v) is 19.4. The average Bonchev–Trinajstić information content (AvgIpc) is 3.12. The van der Waals surface area contributed by atoms with E-state index in [4.69, 9.17) is 10.00 Å². The smallest absolute Gasteiger partial charge is 0.325 e. The molecule has 13 heteroatoms. The van der Waals surface area contributed by atoms with Crippen LogP contribution in [0.1, 0.15) is 12.0 Å². The van der Waals surface area contributed by atoms with Gasteiger partial charge in [-0.1, -0.05) is 0 Å². The molecule has 4 amide bonds. The number of urea groups is 1. The summed E-state index contributed by atoms with van der Waals surface area (Å²) in [5, 5.41) is 11.5. The summed E-state index contributed by atoms with van der Waals surface area (Å²) in [7, 11) is -3.71. The van der Waals surface area contributed by atoms with Gasteiger partial charge >= 0.3 is 6.03 Å². The lowest BCUT2D eigenvalue weighted by Crippen LogP contribution is -2.52. The Kier molecular flexibility index (Phi) is 7.13. The molecule has 1 aromatic carbocycles. The first-order chi connectivity index (χ1) is 16.3. The molecule has 12 nitrogen and oxygen atoms in total. The van der Waals surface area contributed by atoms with Crippen molar-refractivity contribution in [3.63, 3.8) is 0 Å². The number of carbonyl (C=O) groups excluding carboxylic acids is 3. The fraction of sp³-hybridized carbons (Fsp3) is 0.524. The van der Waals surface area contributed by atoms with Crippen molar-refractivity contribution in [3.8, 4) is 6.07 Å². The van der Waals surface area contributed by atoms with Gasteiger partial charge in [-0.25, -0.2) is 18.1 Å². The van der Waals surface area contributed by atoms with E-state index in [-0.39, 0.29) is 37.0 Å². The van der Waals surface area contributed by atoms with Gasteiger partial charge in [0, 0.05) is 39.3 Å². The number of carbonyl (C=O) groups is 3. The van der Waals surface area contributed by atoms with Gasteiger partial charge in [-0.15, -0.1) is 0 Å². The first kappa shape index (κ1) is 24.1. The van der Waals surface area contributed by atoms with Gasteiger partial charge < -0.3 is 15.0 Å². The normalized spacial score (nSPS) is 22.5. The maximum atomic E-state index is 12.9. The minimum Gasteiger partial charge on any atom is -0.378 e. The third-order valence-electron chi connectivity index (χ3n) is 6.14. The lowest BCUT2D eigenvalue weighted by Gasteiger charge is -2.35. The topological polar surface area (TPSA) is 143 Å². The largest absolute Gasteiger partial charge is 0.378 e. The predicted octanol–water partition coefficient (Wildman–Crippen LogP) is -1.01. The van der Waals surface area contributed by atoms with Gasteiger partial charge in [0.1, 0.15) is 6.04 Å². The molecule has 0 bridgehead atoms. The number of nitrogens with one attached hydrogen (secondary N) is 1. The Hall–Kier alpha value is -3.05. The van der Waals surface area contributed by atoms with Crippen LogP contribution in [0.3, 0.4) is 0 Å². The molecule has 3 aliphatic heterocycles. The number of hydrogen-bond donors (Lipinski definition) is 1. The zero-order chi connectivity index (χ0) is 24.3. The Bertz CT molecular complexity index is 1090. The lowest BCUT2D eigenvalue weighted by molar-refractivity contribution is -0.139. The molecule has 0 aliphatic carbocycles. The summed E-state index contributed by atoms with van der Waals surface area (Å²) >= 11 is 0. The van der Waals surface area contributed by atoms with E-state index in [1.54, 1.807) is 4.90 Å². The molecule has 0 radical (unpaired) electrons. The van der Waals surface area contributed by atoms with Gasteiger partial charge in [0.05, 0.1) is 42.8 Å². The summed E-state index contributed by atoms with van der Waals surface area (Å²) in [6, 6.07) is 6.23. The van der Waals surface area contributed by atoms with Crippen molar-refractivity contribution >= 4 is 27.9 Å². The first-order valence-electron chi connectivity index (χ1n) is 11.0. The molecule has 0 aromatic heterocycles. The van der Waals surface area contributed by atoms with Gasteiger partial charge in [0.2, 0.25) is 15.9 Å². The number of morpholine rings is 1. The molecule has 3 heterocycles. The van der Waals surface area contributed by atoms with Crippen molar-refractivity contribution in [3.05, 3.63) is 29.8 Å². The number of nitriles is 1. The molecule has 34 heavy (non-hydrogen) atoms.